The molecule has 2 rings (SSSR count). The Kier molecular flexibility index (Phi) is 5.85. The van der Waals surface area contributed by atoms with Crippen LogP contribution in [0.4, 0.5) is 4.39 Å². The molecule has 0 spiro atoms. The molecule has 6 heteroatoms. The molecule has 0 aliphatic carbocycles. The van der Waals surface area contributed by atoms with Crippen LogP contribution in [0.15, 0.2) is 53.4 Å². The van der Waals surface area contributed by atoms with Gasteiger partial charge >= 0.3 is 0 Å². The van der Waals surface area contributed by atoms with Gasteiger partial charge in [-0.3, -0.25) is 9.00 Å². The molecular formula is C18H20FNO3S. The fourth-order valence-electron chi connectivity index (χ4n) is 2.27. The third-order valence-corrected chi connectivity index (χ3v) is 5.07. The zero-order chi connectivity index (χ0) is 17.7. The molecule has 1 amide bonds. The molecule has 0 aliphatic rings. The Morgan fingerprint density at radius 1 is 1.21 bits per heavy atom. The molecule has 0 saturated carbocycles. The number of halogens is 1. The van der Waals surface area contributed by atoms with E-state index in [9.17, 15) is 18.5 Å². The highest BCUT2D eigenvalue weighted by atomic mass is 32.2. The normalized spacial score (nSPS) is 14.7. The Labute approximate surface area is 143 Å². The number of aliphatic hydroxyl groups is 1. The molecule has 2 aromatic carbocycles. The first kappa shape index (κ1) is 18.3. The van der Waals surface area contributed by atoms with E-state index in [4.69, 9.17) is 0 Å². The quantitative estimate of drug-likeness (QED) is 0.842. The van der Waals surface area contributed by atoms with Crippen LogP contribution >= 0.6 is 0 Å². The van der Waals surface area contributed by atoms with Crippen molar-refractivity contribution in [3.8, 4) is 0 Å². The van der Waals surface area contributed by atoms with E-state index in [0.29, 0.717) is 21.8 Å². The maximum atomic E-state index is 13.0. The minimum atomic E-state index is -1.35. The van der Waals surface area contributed by atoms with Crippen molar-refractivity contribution in [1.82, 2.24) is 5.32 Å². The minimum absolute atomic E-state index is 0.0510. The molecule has 2 unspecified atom stereocenters. The van der Waals surface area contributed by atoms with Crippen molar-refractivity contribution in [2.75, 3.05) is 12.3 Å². The Balaban J connectivity index is 2.13. The van der Waals surface area contributed by atoms with Gasteiger partial charge in [0, 0.05) is 5.75 Å². The number of hydrogen-bond acceptors (Lipinski definition) is 3. The number of carbonyl (C=O) groups excluding carboxylic acids is 1. The average Bonchev–Trinajstić information content (AvgIpc) is 2.59. The molecule has 4 nitrogen and oxygen atoms in total. The van der Waals surface area contributed by atoms with Crippen LogP contribution in [-0.4, -0.2) is 27.5 Å². The van der Waals surface area contributed by atoms with Crippen LogP contribution in [0.3, 0.4) is 0 Å². The molecule has 0 bridgehead atoms. The molecule has 128 valence electrons. The summed E-state index contributed by atoms with van der Waals surface area (Å²) in [7, 11) is -1.25. The summed E-state index contributed by atoms with van der Waals surface area (Å²) in [6, 6.07) is 12.1. The topological polar surface area (TPSA) is 66.4 Å². The van der Waals surface area contributed by atoms with Crippen molar-refractivity contribution in [1.29, 1.82) is 0 Å². The van der Waals surface area contributed by atoms with Gasteiger partial charge < -0.3 is 10.4 Å². The molecule has 0 fully saturated rings. The lowest BCUT2D eigenvalue weighted by molar-refractivity contribution is 0.0525. The lowest BCUT2D eigenvalue weighted by atomic mass is 9.96. The SMILES string of the molecule is CCS(=O)c1ccccc1C(=O)NCC(C)(O)c1ccc(F)cc1. The van der Waals surface area contributed by atoms with E-state index < -0.39 is 28.1 Å². The zero-order valence-electron chi connectivity index (χ0n) is 13.6. The van der Waals surface area contributed by atoms with Crippen molar-refractivity contribution < 1.29 is 18.5 Å². The van der Waals surface area contributed by atoms with Gasteiger partial charge in [-0.25, -0.2) is 4.39 Å². The second kappa shape index (κ2) is 7.68. The van der Waals surface area contributed by atoms with Crippen LogP contribution in [0.25, 0.3) is 0 Å². The van der Waals surface area contributed by atoms with E-state index in [2.05, 4.69) is 5.32 Å². The molecule has 0 heterocycles. The van der Waals surface area contributed by atoms with E-state index in [1.807, 2.05) is 0 Å². The van der Waals surface area contributed by atoms with Crippen molar-refractivity contribution in [2.24, 2.45) is 0 Å². The smallest absolute Gasteiger partial charge is 0.252 e. The standard InChI is InChI=1S/C18H20FNO3S/c1-3-24(23)16-7-5-4-6-15(16)17(21)20-12-18(2,22)13-8-10-14(19)11-9-13/h4-11,22H,3,12H2,1-2H3,(H,20,21). The van der Waals surface area contributed by atoms with Gasteiger partial charge in [0.15, 0.2) is 0 Å². The number of hydrogen-bond donors (Lipinski definition) is 2. The molecule has 0 aromatic heterocycles. The minimum Gasteiger partial charge on any atom is -0.384 e. The van der Waals surface area contributed by atoms with Gasteiger partial charge in [0.25, 0.3) is 5.91 Å². The first-order valence-electron chi connectivity index (χ1n) is 7.59. The highest BCUT2D eigenvalue weighted by Gasteiger charge is 2.25. The van der Waals surface area contributed by atoms with E-state index >= 15 is 0 Å². The van der Waals surface area contributed by atoms with Crippen LogP contribution in [0.5, 0.6) is 0 Å². The maximum Gasteiger partial charge on any atom is 0.252 e. The van der Waals surface area contributed by atoms with Crippen LogP contribution in [0, 0.1) is 5.82 Å². The molecule has 0 saturated heterocycles. The predicted molar refractivity (Wildman–Crippen MR) is 91.7 cm³/mol. The van der Waals surface area contributed by atoms with Crippen LogP contribution in [0.1, 0.15) is 29.8 Å². The molecular weight excluding hydrogens is 329 g/mol. The third-order valence-electron chi connectivity index (χ3n) is 3.70. The van der Waals surface area contributed by atoms with Gasteiger partial charge in [-0.2, -0.15) is 0 Å². The summed E-state index contributed by atoms with van der Waals surface area (Å²) in [5, 5.41) is 13.2. The Morgan fingerprint density at radius 2 is 1.83 bits per heavy atom. The zero-order valence-corrected chi connectivity index (χ0v) is 14.4. The molecule has 24 heavy (non-hydrogen) atoms. The van der Waals surface area contributed by atoms with Crippen molar-refractivity contribution in [3.05, 3.63) is 65.5 Å². The summed E-state index contributed by atoms with van der Waals surface area (Å²) in [5.74, 6) is -0.387. The predicted octanol–water partition coefficient (Wildman–Crippen LogP) is 2.59. The number of amides is 1. The van der Waals surface area contributed by atoms with Gasteiger partial charge in [0.2, 0.25) is 0 Å². The van der Waals surface area contributed by atoms with E-state index in [0.717, 1.165) is 0 Å². The van der Waals surface area contributed by atoms with E-state index in [-0.39, 0.29) is 6.54 Å². The fraction of sp³-hybridized carbons (Fsp3) is 0.278. The number of carbonyl (C=O) groups is 1. The summed E-state index contributed by atoms with van der Waals surface area (Å²) < 4.78 is 25.0. The van der Waals surface area contributed by atoms with Crippen LogP contribution < -0.4 is 5.32 Å². The molecule has 0 aliphatic heterocycles. The lowest BCUT2D eigenvalue weighted by Crippen LogP contribution is -2.39. The summed E-state index contributed by atoms with van der Waals surface area (Å²) in [5.41, 5.74) is -0.524. The molecule has 0 radical (unpaired) electrons. The first-order valence-corrected chi connectivity index (χ1v) is 8.91. The highest BCUT2D eigenvalue weighted by molar-refractivity contribution is 7.85. The molecule has 2 N–H and O–H groups in total. The molecule has 2 aromatic rings. The van der Waals surface area contributed by atoms with Gasteiger partial charge in [0.05, 0.1) is 27.8 Å². The summed E-state index contributed by atoms with van der Waals surface area (Å²) in [6.45, 7) is 3.27. The summed E-state index contributed by atoms with van der Waals surface area (Å²) in [4.78, 5) is 12.9. The second-order valence-corrected chi connectivity index (χ2v) is 7.30. The Morgan fingerprint density at radius 3 is 2.46 bits per heavy atom. The van der Waals surface area contributed by atoms with Crippen LogP contribution in [-0.2, 0) is 16.4 Å². The van der Waals surface area contributed by atoms with Crippen molar-refractivity contribution in [2.45, 2.75) is 24.3 Å². The third kappa shape index (κ3) is 4.27. The Hall–Kier alpha value is -2.05. The summed E-state index contributed by atoms with van der Waals surface area (Å²) in [6.07, 6.45) is 0. The largest absolute Gasteiger partial charge is 0.384 e. The van der Waals surface area contributed by atoms with Gasteiger partial charge in [-0.1, -0.05) is 31.2 Å². The van der Waals surface area contributed by atoms with Crippen molar-refractivity contribution in [3.63, 3.8) is 0 Å². The van der Waals surface area contributed by atoms with E-state index in [1.54, 1.807) is 31.2 Å². The fourth-order valence-corrected chi connectivity index (χ4v) is 3.21. The van der Waals surface area contributed by atoms with Gasteiger partial charge in [0.1, 0.15) is 11.4 Å². The van der Waals surface area contributed by atoms with E-state index in [1.165, 1.54) is 31.2 Å². The average molecular weight is 349 g/mol. The lowest BCUT2D eigenvalue weighted by Gasteiger charge is -2.24. The number of rotatable bonds is 6. The molecule has 2 atom stereocenters. The number of benzene rings is 2. The van der Waals surface area contributed by atoms with Crippen molar-refractivity contribution >= 4 is 16.7 Å². The monoisotopic (exact) mass is 349 g/mol. The summed E-state index contributed by atoms with van der Waals surface area (Å²) >= 11 is 0. The highest BCUT2D eigenvalue weighted by Crippen LogP contribution is 2.20. The first-order chi connectivity index (χ1) is 11.3. The Bertz CT molecular complexity index is 744. The van der Waals surface area contributed by atoms with Gasteiger partial charge in [-0.15, -0.1) is 0 Å². The second-order valence-electron chi connectivity index (χ2n) is 5.59. The number of nitrogens with one attached hydrogen (secondary N) is 1. The maximum absolute atomic E-state index is 13.0. The van der Waals surface area contributed by atoms with Crippen LogP contribution in [0.2, 0.25) is 0 Å². The van der Waals surface area contributed by atoms with Gasteiger partial charge in [-0.05, 0) is 36.8 Å².